The van der Waals surface area contributed by atoms with Crippen LogP contribution in [-0.4, -0.2) is 18.0 Å². The number of carbonyl (C=O) groups is 1. The van der Waals surface area contributed by atoms with Crippen molar-refractivity contribution in [3.05, 3.63) is 49.6 Å². The zero-order valence-electron chi connectivity index (χ0n) is 11.9. The summed E-state index contributed by atoms with van der Waals surface area (Å²) in [5.74, 6) is -0.0746. The third-order valence-corrected chi connectivity index (χ3v) is 4.63. The molecule has 0 spiro atoms. The molecule has 0 saturated carbocycles. The standard InChI is InChI=1S/C16H12BrNO3S/c1-9-3-4-22-16(9)14(19)11(8-18)5-10-6-12(17)15(20)13(7-10)21-2/h3-7,20H,1-2H3. The number of Topliss-reactive ketones (excluding diaryl/α,β-unsaturated/α-hetero) is 1. The first kappa shape index (κ1) is 16.3. The van der Waals surface area contributed by atoms with Gasteiger partial charge in [-0.25, -0.2) is 0 Å². The van der Waals surface area contributed by atoms with Gasteiger partial charge in [-0.05, 0) is 63.6 Å². The van der Waals surface area contributed by atoms with Gasteiger partial charge in [-0.3, -0.25) is 4.79 Å². The molecule has 0 atom stereocenters. The fourth-order valence-electron chi connectivity index (χ4n) is 1.88. The molecule has 0 aliphatic heterocycles. The molecule has 4 nitrogen and oxygen atoms in total. The molecule has 2 aromatic rings. The lowest BCUT2D eigenvalue weighted by Gasteiger charge is -2.07. The maximum atomic E-state index is 12.4. The van der Waals surface area contributed by atoms with Gasteiger partial charge in [-0.2, -0.15) is 5.26 Å². The summed E-state index contributed by atoms with van der Waals surface area (Å²) in [6.07, 6.45) is 1.48. The van der Waals surface area contributed by atoms with E-state index < -0.39 is 0 Å². The van der Waals surface area contributed by atoms with Crippen LogP contribution in [0.1, 0.15) is 20.8 Å². The SMILES string of the molecule is COc1cc(C=C(C#N)C(=O)c2sccc2C)cc(Br)c1O. The molecule has 112 valence electrons. The quantitative estimate of drug-likeness (QED) is 0.489. The van der Waals surface area contributed by atoms with Crippen LogP contribution >= 0.6 is 27.3 Å². The molecule has 22 heavy (non-hydrogen) atoms. The minimum absolute atomic E-state index is 0.0291. The number of phenols is 1. The van der Waals surface area contributed by atoms with E-state index >= 15 is 0 Å². The number of phenolic OH excluding ortho intramolecular Hbond substituents is 1. The van der Waals surface area contributed by atoms with Gasteiger partial charge in [-0.15, -0.1) is 11.3 Å². The van der Waals surface area contributed by atoms with Gasteiger partial charge in [0.05, 0.1) is 16.5 Å². The number of carbonyl (C=O) groups excluding carboxylic acids is 1. The third kappa shape index (κ3) is 3.21. The maximum absolute atomic E-state index is 12.4. The Balaban J connectivity index is 2.46. The van der Waals surface area contributed by atoms with Crippen molar-refractivity contribution >= 4 is 39.1 Å². The summed E-state index contributed by atoms with van der Waals surface area (Å²) in [6, 6.07) is 6.95. The van der Waals surface area contributed by atoms with E-state index in [2.05, 4.69) is 15.9 Å². The molecular weight excluding hydrogens is 366 g/mol. The summed E-state index contributed by atoms with van der Waals surface area (Å²) >= 11 is 4.52. The summed E-state index contributed by atoms with van der Waals surface area (Å²) in [6.45, 7) is 1.83. The average Bonchev–Trinajstić information content (AvgIpc) is 2.93. The van der Waals surface area contributed by atoms with Crippen LogP contribution < -0.4 is 4.74 Å². The molecule has 1 aromatic carbocycles. The van der Waals surface area contributed by atoms with Crippen molar-refractivity contribution in [2.45, 2.75) is 6.92 Å². The van der Waals surface area contributed by atoms with E-state index in [1.807, 2.05) is 24.4 Å². The van der Waals surface area contributed by atoms with Crippen LogP contribution in [0.25, 0.3) is 6.08 Å². The Labute approximate surface area is 140 Å². The van der Waals surface area contributed by atoms with Gasteiger partial charge in [0.25, 0.3) is 0 Å². The van der Waals surface area contributed by atoms with Gasteiger partial charge in [0.1, 0.15) is 11.6 Å². The number of thiophene rings is 1. The van der Waals surface area contributed by atoms with E-state index in [1.54, 1.807) is 12.1 Å². The van der Waals surface area contributed by atoms with Crippen molar-refractivity contribution < 1.29 is 14.6 Å². The number of nitriles is 1. The largest absolute Gasteiger partial charge is 0.503 e. The number of aryl methyl sites for hydroxylation is 1. The minimum atomic E-state index is -0.307. The topological polar surface area (TPSA) is 70.3 Å². The van der Waals surface area contributed by atoms with Gasteiger partial charge in [0.2, 0.25) is 5.78 Å². The van der Waals surface area contributed by atoms with Crippen LogP contribution in [0.5, 0.6) is 11.5 Å². The Morgan fingerprint density at radius 2 is 2.23 bits per heavy atom. The number of ether oxygens (including phenoxy) is 1. The predicted octanol–water partition coefficient (Wildman–Crippen LogP) is 4.32. The Kier molecular flexibility index (Phi) is 5.01. The first-order valence-electron chi connectivity index (χ1n) is 6.25. The lowest BCUT2D eigenvalue weighted by molar-refractivity contribution is 0.104. The van der Waals surface area contributed by atoms with Crippen molar-refractivity contribution in [2.24, 2.45) is 0 Å². The molecule has 2 rings (SSSR count). The molecule has 0 radical (unpaired) electrons. The highest BCUT2D eigenvalue weighted by atomic mass is 79.9. The summed E-state index contributed by atoms with van der Waals surface area (Å²) in [4.78, 5) is 12.9. The first-order valence-corrected chi connectivity index (χ1v) is 7.92. The van der Waals surface area contributed by atoms with Crippen molar-refractivity contribution in [3.63, 3.8) is 0 Å². The second-order valence-corrected chi connectivity index (χ2v) is 6.26. The number of rotatable bonds is 4. The van der Waals surface area contributed by atoms with Gasteiger partial charge in [0.15, 0.2) is 11.5 Å². The number of halogens is 1. The monoisotopic (exact) mass is 377 g/mol. The Morgan fingerprint density at radius 3 is 2.77 bits per heavy atom. The molecule has 0 amide bonds. The van der Waals surface area contributed by atoms with Crippen LogP contribution in [-0.2, 0) is 0 Å². The summed E-state index contributed by atoms with van der Waals surface area (Å²) < 4.78 is 5.48. The van der Waals surface area contributed by atoms with E-state index in [0.717, 1.165) is 5.56 Å². The Bertz CT molecular complexity index is 802. The van der Waals surface area contributed by atoms with E-state index in [4.69, 9.17) is 4.74 Å². The molecule has 0 aliphatic carbocycles. The molecule has 0 saturated heterocycles. The van der Waals surface area contributed by atoms with E-state index in [-0.39, 0.29) is 22.9 Å². The molecule has 1 N–H and O–H groups in total. The Hall–Kier alpha value is -2.10. The molecule has 0 aliphatic rings. The number of ketones is 1. The molecule has 1 aromatic heterocycles. The number of aromatic hydroxyl groups is 1. The lowest BCUT2D eigenvalue weighted by Crippen LogP contribution is -2.01. The van der Waals surface area contributed by atoms with Crippen LogP contribution in [0.2, 0.25) is 0 Å². The second-order valence-electron chi connectivity index (χ2n) is 4.49. The van der Waals surface area contributed by atoms with E-state index in [0.29, 0.717) is 14.9 Å². The maximum Gasteiger partial charge on any atom is 0.213 e. The molecule has 6 heteroatoms. The summed E-state index contributed by atoms with van der Waals surface area (Å²) in [7, 11) is 1.43. The van der Waals surface area contributed by atoms with Crippen LogP contribution in [0.15, 0.2) is 33.6 Å². The molecule has 0 unspecified atom stereocenters. The fraction of sp³-hybridized carbons (Fsp3) is 0.125. The highest BCUT2D eigenvalue weighted by molar-refractivity contribution is 9.10. The smallest absolute Gasteiger partial charge is 0.213 e. The zero-order valence-corrected chi connectivity index (χ0v) is 14.3. The number of methoxy groups -OCH3 is 1. The van der Waals surface area contributed by atoms with E-state index in [9.17, 15) is 15.2 Å². The van der Waals surface area contributed by atoms with Crippen LogP contribution in [0.3, 0.4) is 0 Å². The highest BCUT2D eigenvalue weighted by Crippen LogP contribution is 2.36. The zero-order chi connectivity index (χ0) is 16.3. The van der Waals surface area contributed by atoms with Crippen LogP contribution in [0, 0.1) is 18.3 Å². The van der Waals surface area contributed by atoms with Crippen molar-refractivity contribution in [2.75, 3.05) is 7.11 Å². The van der Waals surface area contributed by atoms with Crippen molar-refractivity contribution in [1.29, 1.82) is 5.26 Å². The molecule has 1 heterocycles. The normalized spacial score (nSPS) is 11.1. The fourth-order valence-corrected chi connectivity index (χ4v) is 3.21. The molecular formula is C16H12BrNO3S. The van der Waals surface area contributed by atoms with Crippen LogP contribution in [0.4, 0.5) is 0 Å². The van der Waals surface area contributed by atoms with Gasteiger partial charge in [0, 0.05) is 0 Å². The summed E-state index contributed by atoms with van der Waals surface area (Å²) in [5, 5.41) is 20.9. The number of nitrogens with zero attached hydrogens (tertiary/aromatic N) is 1. The number of allylic oxidation sites excluding steroid dienone is 1. The van der Waals surface area contributed by atoms with Gasteiger partial charge in [-0.1, -0.05) is 0 Å². The van der Waals surface area contributed by atoms with Gasteiger partial charge >= 0.3 is 0 Å². The first-order chi connectivity index (χ1) is 10.5. The van der Waals surface area contributed by atoms with Crippen molar-refractivity contribution in [3.8, 4) is 17.6 Å². The second kappa shape index (κ2) is 6.77. The number of hydrogen-bond acceptors (Lipinski definition) is 5. The van der Waals surface area contributed by atoms with Gasteiger partial charge < -0.3 is 9.84 Å². The Morgan fingerprint density at radius 1 is 1.50 bits per heavy atom. The third-order valence-electron chi connectivity index (χ3n) is 3.02. The number of benzene rings is 1. The number of hydrogen-bond donors (Lipinski definition) is 1. The average molecular weight is 378 g/mol. The van der Waals surface area contributed by atoms with Crippen molar-refractivity contribution in [1.82, 2.24) is 0 Å². The summed E-state index contributed by atoms with van der Waals surface area (Å²) in [5.41, 5.74) is 1.46. The van der Waals surface area contributed by atoms with E-state index in [1.165, 1.54) is 24.5 Å². The molecule has 0 bridgehead atoms. The lowest BCUT2D eigenvalue weighted by atomic mass is 10.1. The minimum Gasteiger partial charge on any atom is -0.503 e. The predicted molar refractivity (Wildman–Crippen MR) is 89.3 cm³/mol. The molecule has 0 fully saturated rings. The highest BCUT2D eigenvalue weighted by Gasteiger charge is 2.16.